The lowest BCUT2D eigenvalue weighted by Crippen LogP contribution is -2.60. The number of carbonyl (C=O) groups excluding carboxylic acids is 1. The Morgan fingerprint density at radius 3 is 2.48 bits per heavy atom. The zero-order valence-corrected chi connectivity index (χ0v) is 18.5. The summed E-state index contributed by atoms with van der Waals surface area (Å²) < 4.78 is 48.4. The number of aromatic nitrogens is 2. The molecule has 1 aliphatic rings. The van der Waals surface area contributed by atoms with Gasteiger partial charge in [-0.1, -0.05) is 0 Å². The topological polar surface area (TPSA) is 104 Å². The van der Waals surface area contributed by atoms with E-state index >= 15 is 4.39 Å². The second-order valence-electron chi connectivity index (χ2n) is 9.08. The highest BCUT2D eigenvalue weighted by Gasteiger charge is 2.38. The molecule has 176 valence electrons. The molecule has 3 heterocycles. The summed E-state index contributed by atoms with van der Waals surface area (Å²) in [6, 6.07) is -0.286. The molecule has 1 aliphatic heterocycles. The van der Waals surface area contributed by atoms with Crippen LogP contribution in [0.4, 0.5) is 29.6 Å². The van der Waals surface area contributed by atoms with Crippen LogP contribution in [0.15, 0.2) is 28.9 Å². The number of furan rings is 1. The zero-order valence-electron chi connectivity index (χ0n) is 18.5. The van der Waals surface area contributed by atoms with Crippen molar-refractivity contribution in [3.63, 3.8) is 0 Å². The van der Waals surface area contributed by atoms with Gasteiger partial charge >= 0.3 is 6.03 Å². The van der Waals surface area contributed by atoms with Crippen LogP contribution < -0.4 is 15.5 Å². The van der Waals surface area contributed by atoms with Crippen molar-refractivity contribution < 1.29 is 27.5 Å². The van der Waals surface area contributed by atoms with E-state index in [1.165, 1.54) is 33.2 Å². The van der Waals surface area contributed by atoms with Crippen molar-refractivity contribution in [2.45, 2.75) is 45.0 Å². The van der Waals surface area contributed by atoms with Crippen LogP contribution in [-0.2, 0) is 0 Å². The summed E-state index contributed by atoms with van der Waals surface area (Å²) in [6.07, 6.45) is 2.77. The normalized spacial score (nSPS) is 16.4. The van der Waals surface area contributed by atoms with Gasteiger partial charge in [0.25, 0.3) is 0 Å². The number of nitrogens with zero attached hydrogens (tertiary/aromatic N) is 3. The molecule has 1 atom stereocenters. The molecule has 2 amide bonds. The van der Waals surface area contributed by atoms with Gasteiger partial charge in [-0.15, -0.1) is 0 Å². The van der Waals surface area contributed by atoms with Gasteiger partial charge in [0, 0.05) is 17.0 Å². The summed E-state index contributed by atoms with van der Waals surface area (Å²) in [5.74, 6) is -1.32. The van der Waals surface area contributed by atoms with Crippen LogP contribution in [-0.4, -0.2) is 45.5 Å². The lowest BCUT2D eigenvalue weighted by Gasteiger charge is -2.44. The molecule has 2 aromatic heterocycles. The third-order valence-electron chi connectivity index (χ3n) is 5.46. The van der Waals surface area contributed by atoms with Crippen LogP contribution in [0, 0.1) is 18.6 Å². The number of fused-ring (bicyclic) bond motifs is 1. The van der Waals surface area contributed by atoms with E-state index < -0.39 is 35.0 Å². The highest BCUT2D eigenvalue weighted by atomic mass is 19.1. The summed E-state index contributed by atoms with van der Waals surface area (Å²) in [6.45, 7) is 6.52. The maximum Gasteiger partial charge on any atom is 0.320 e. The second kappa shape index (κ2) is 7.91. The van der Waals surface area contributed by atoms with E-state index in [9.17, 15) is 18.7 Å². The molecule has 0 radical (unpaired) electrons. The van der Waals surface area contributed by atoms with E-state index in [0.29, 0.717) is 30.7 Å². The summed E-state index contributed by atoms with van der Waals surface area (Å²) in [4.78, 5) is 22.7. The summed E-state index contributed by atoms with van der Waals surface area (Å²) in [7, 11) is 0. The number of hydrogen-bond donors (Lipinski definition) is 3. The first-order valence-corrected chi connectivity index (χ1v) is 10.3. The van der Waals surface area contributed by atoms with E-state index in [-0.39, 0.29) is 22.4 Å². The number of nitrogens with one attached hydrogen (secondary N) is 2. The average Bonchev–Trinajstić information content (AvgIpc) is 3.01. The Balaban J connectivity index is 1.52. The van der Waals surface area contributed by atoms with Gasteiger partial charge in [0.1, 0.15) is 23.3 Å². The molecule has 0 saturated carbocycles. The molecule has 3 aromatic rings. The quantitative estimate of drug-likeness (QED) is 0.529. The molecule has 0 bridgehead atoms. The van der Waals surface area contributed by atoms with Crippen LogP contribution >= 0.6 is 0 Å². The van der Waals surface area contributed by atoms with Gasteiger partial charge in [0.2, 0.25) is 5.95 Å². The largest absolute Gasteiger partial charge is 0.455 e. The average molecular weight is 463 g/mol. The number of β-amino-alcohol motifs (C(OH)–C–C–N with tert-alkyl or cyclic N) is 1. The minimum absolute atomic E-state index is 0.0198. The lowest BCUT2D eigenvalue weighted by atomic mass is 9.95. The molecule has 0 aliphatic carbocycles. The van der Waals surface area contributed by atoms with E-state index in [1.807, 2.05) is 0 Å². The number of urea groups is 1. The minimum atomic E-state index is -2.00. The highest BCUT2D eigenvalue weighted by molar-refractivity contribution is 5.89. The number of halogens is 3. The number of anilines is 2. The van der Waals surface area contributed by atoms with Crippen molar-refractivity contribution in [1.29, 1.82) is 0 Å². The lowest BCUT2D eigenvalue weighted by molar-refractivity contribution is 0.0300. The second-order valence-corrected chi connectivity index (χ2v) is 9.08. The number of aliphatic hydroxyl groups is 1. The van der Waals surface area contributed by atoms with Crippen molar-refractivity contribution >= 4 is 28.6 Å². The molecule has 1 fully saturated rings. The Morgan fingerprint density at radius 1 is 1.27 bits per heavy atom. The first-order chi connectivity index (χ1) is 15.3. The van der Waals surface area contributed by atoms with Crippen LogP contribution in [0.25, 0.3) is 11.0 Å². The van der Waals surface area contributed by atoms with Crippen molar-refractivity contribution in [2.24, 2.45) is 0 Å². The van der Waals surface area contributed by atoms with Crippen LogP contribution in [0.1, 0.15) is 38.1 Å². The SMILES string of the molecule is Cc1c([C@@H](NC(=O)Nc2cnc(N3CC(C)(O)C3)nc2)C(C)(C)F)oc2c(F)cc(F)cc12. The number of rotatable bonds is 5. The molecule has 0 spiro atoms. The standard InChI is InChI=1S/C22H24F3N5O3/c1-11-14-5-12(23)6-15(24)17(14)33-16(11)18(21(2,3)25)29-20(31)28-13-7-26-19(27-8-13)30-9-22(4,32)10-30/h5-8,18,32H,9-10H2,1-4H3,(H2,28,29,31)/t18-/m1/s1. The fourth-order valence-electron chi connectivity index (χ4n) is 3.85. The third-order valence-corrected chi connectivity index (χ3v) is 5.46. The van der Waals surface area contributed by atoms with Crippen LogP contribution in [0.2, 0.25) is 0 Å². The van der Waals surface area contributed by atoms with Gasteiger partial charge in [-0.25, -0.2) is 27.9 Å². The Bertz CT molecular complexity index is 1200. The Hall–Kier alpha value is -3.34. The summed E-state index contributed by atoms with van der Waals surface area (Å²) >= 11 is 0. The predicted octanol–water partition coefficient (Wildman–Crippen LogP) is 3.99. The highest BCUT2D eigenvalue weighted by Crippen LogP contribution is 2.37. The van der Waals surface area contributed by atoms with E-state index in [0.717, 1.165) is 6.07 Å². The molecule has 33 heavy (non-hydrogen) atoms. The molecule has 0 unspecified atom stereocenters. The molecule has 1 aromatic carbocycles. The Kier molecular flexibility index (Phi) is 5.47. The number of aryl methyl sites for hydroxylation is 1. The van der Waals surface area contributed by atoms with Gasteiger partial charge in [0.15, 0.2) is 11.4 Å². The minimum Gasteiger partial charge on any atom is -0.455 e. The molecule has 11 heteroatoms. The van der Waals surface area contributed by atoms with Crippen LogP contribution in [0.3, 0.4) is 0 Å². The van der Waals surface area contributed by atoms with Gasteiger partial charge in [-0.2, -0.15) is 0 Å². The van der Waals surface area contributed by atoms with Gasteiger partial charge in [-0.3, -0.25) is 0 Å². The Morgan fingerprint density at radius 2 is 1.91 bits per heavy atom. The van der Waals surface area contributed by atoms with Crippen molar-refractivity contribution in [2.75, 3.05) is 23.3 Å². The maximum absolute atomic E-state index is 15.1. The maximum atomic E-state index is 15.1. The van der Waals surface area contributed by atoms with Crippen molar-refractivity contribution in [3.8, 4) is 0 Å². The number of alkyl halides is 1. The first-order valence-electron chi connectivity index (χ1n) is 10.3. The molecule has 4 rings (SSSR count). The molecule has 3 N–H and O–H groups in total. The summed E-state index contributed by atoms with van der Waals surface area (Å²) in [5.41, 5.74) is -2.42. The summed E-state index contributed by atoms with van der Waals surface area (Å²) in [5, 5.41) is 15.0. The van der Waals surface area contributed by atoms with Crippen molar-refractivity contribution in [3.05, 3.63) is 47.5 Å². The number of benzene rings is 1. The fourth-order valence-corrected chi connectivity index (χ4v) is 3.85. The predicted molar refractivity (Wildman–Crippen MR) is 116 cm³/mol. The van der Waals surface area contributed by atoms with E-state index in [2.05, 4.69) is 20.6 Å². The number of hydrogen-bond acceptors (Lipinski definition) is 6. The molecular weight excluding hydrogens is 439 g/mol. The monoisotopic (exact) mass is 463 g/mol. The van der Waals surface area contributed by atoms with Gasteiger partial charge in [-0.05, 0) is 33.8 Å². The number of carbonyl (C=O) groups is 1. The number of amides is 2. The van der Waals surface area contributed by atoms with Crippen LogP contribution in [0.5, 0.6) is 0 Å². The molecule has 8 nitrogen and oxygen atoms in total. The first kappa shape index (κ1) is 22.8. The van der Waals surface area contributed by atoms with Gasteiger partial charge in [0.05, 0.1) is 36.8 Å². The fraction of sp³-hybridized carbons (Fsp3) is 0.409. The Labute approximate surface area is 187 Å². The molecule has 1 saturated heterocycles. The smallest absolute Gasteiger partial charge is 0.320 e. The zero-order chi connectivity index (χ0) is 24.1. The van der Waals surface area contributed by atoms with E-state index in [4.69, 9.17) is 4.42 Å². The van der Waals surface area contributed by atoms with Gasteiger partial charge < -0.3 is 25.1 Å². The molecular formula is C22H24F3N5O3. The van der Waals surface area contributed by atoms with E-state index in [1.54, 1.807) is 11.8 Å². The third kappa shape index (κ3) is 4.58. The van der Waals surface area contributed by atoms with Crippen molar-refractivity contribution in [1.82, 2.24) is 15.3 Å².